The number of unbranched alkanes of at least 4 members (excludes halogenated alkanes) is 2. The first-order valence-corrected chi connectivity index (χ1v) is 5.74. The summed E-state index contributed by atoms with van der Waals surface area (Å²) in [4.78, 5) is 10.4. The molecule has 94 valence electrons. The summed E-state index contributed by atoms with van der Waals surface area (Å²) in [5, 5.41) is 18.0. The zero-order valence-electron chi connectivity index (χ0n) is 9.95. The maximum atomic E-state index is 10.4. The van der Waals surface area contributed by atoms with Gasteiger partial charge in [-0.05, 0) is 19.3 Å². The molecule has 1 unspecified atom stereocenters. The van der Waals surface area contributed by atoms with Crippen molar-refractivity contribution in [3.63, 3.8) is 0 Å². The molecule has 0 aromatic rings. The molecule has 0 radical (unpaired) electrons. The van der Waals surface area contributed by atoms with Crippen LogP contribution >= 0.6 is 0 Å². The number of aliphatic hydroxyl groups excluding tert-OH is 1. The molecule has 0 aliphatic carbocycles. The van der Waals surface area contributed by atoms with E-state index < -0.39 is 12.1 Å². The average molecular weight is 230 g/mol. The van der Waals surface area contributed by atoms with Crippen molar-refractivity contribution in [2.75, 3.05) is 13.2 Å². The van der Waals surface area contributed by atoms with Crippen LogP contribution in [0.5, 0.6) is 0 Å². The Bertz CT molecular complexity index is 213. The SMILES string of the molecule is C=C(CCC(O)COCCCCC)C(=O)O. The zero-order valence-corrected chi connectivity index (χ0v) is 9.95. The minimum absolute atomic E-state index is 0.130. The average Bonchev–Trinajstić information content (AvgIpc) is 2.25. The van der Waals surface area contributed by atoms with Crippen molar-refractivity contribution in [1.82, 2.24) is 0 Å². The smallest absolute Gasteiger partial charge is 0.330 e. The number of carbonyl (C=O) groups is 1. The van der Waals surface area contributed by atoms with Gasteiger partial charge in [0.25, 0.3) is 0 Å². The largest absolute Gasteiger partial charge is 0.478 e. The Morgan fingerprint density at radius 3 is 2.69 bits per heavy atom. The lowest BCUT2D eigenvalue weighted by atomic mass is 10.1. The van der Waals surface area contributed by atoms with E-state index in [9.17, 15) is 9.90 Å². The van der Waals surface area contributed by atoms with Crippen LogP contribution in [-0.4, -0.2) is 35.5 Å². The molecule has 0 aromatic carbocycles. The second kappa shape index (κ2) is 9.36. The quantitative estimate of drug-likeness (QED) is 0.445. The first kappa shape index (κ1) is 15.1. The number of carboxylic acid groups (broad SMARTS) is 1. The highest BCUT2D eigenvalue weighted by molar-refractivity contribution is 5.85. The van der Waals surface area contributed by atoms with E-state index in [4.69, 9.17) is 9.84 Å². The third kappa shape index (κ3) is 8.44. The van der Waals surface area contributed by atoms with Crippen molar-refractivity contribution in [3.05, 3.63) is 12.2 Å². The maximum Gasteiger partial charge on any atom is 0.330 e. The van der Waals surface area contributed by atoms with Crippen LogP contribution in [0.2, 0.25) is 0 Å². The summed E-state index contributed by atoms with van der Waals surface area (Å²) in [6, 6.07) is 0. The number of hydrogen-bond donors (Lipinski definition) is 2. The van der Waals surface area contributed by atoms with Crippen LogP contribution in [-0.2, 0) is 9.53 Å². The van der Waals surface area contributed by atoms with Crippen LogP contribution in [0.3, 0.4) is 0 Å². The molecule has 1 atom stereocenters. The molecular weight excluding hydrogens is 208 g/mol. The fourth-order valence-electron chi connectivity index (χ4n) is 1.20. The highest BCUT2D eigenvalue weighted by Gasteiger charge is 2.08. The number of aliphatic carboxylic acids is 1. The van der Waals surface area contributed by atoms with Gasteiger partial charge in [-0.3, -0.25) is 0 Å². The summed E-state index contributed by atoms with van der Waals surface area (Å²) in [7, 11) is 0. The summed E-state index contributed by atoms with van der Waals surface area (Å²) in [5.41, 5.74) is 0.130. The molecule has 0 spiro atoms. The van der Waals surface area contributed by atoms with Crippen molar-refractivity contribution >= 4 is 5.97 Å². The summed E-state index contributed by atoms with van der Waals surface area (Å²) in [6.07, 6.45) is 3.37. The van der Waals surface area contributed by atoms with E-state index in [0.717, 1.165) is 19.3 Å². The summed E-state index contributed by atoms with van der Waals surface area (Å²) < 4.78 is 5.26. The lowest BCUT2D eigenvalue weighted by molar-refractivity contribution is -0.132. The molecule has 2 N–H and O–H groups in total. The van der Waals surface area contributed by atoms with Gasteiger partial charge >= 0.3 is 5.97 Å². The topological polar surface area (TPSA) is 66.8 Å². The van der Waals surface area contributed by atoms with Gasteiger partial charge in [0.2, 0.25) is 0 Å². The van der Waals surface area contributed by atoms with Crippen molar-refractivity contribution in [2.45, 2.75) is 45.1 Å². The van der Waals surface area contributed by atoms with Gasteiger partial charge < -0.3 is 14.9 Å². The van der Waals surface area contributed by atoms with E-state index in [1.54, 1.807) is 0 Å². The summed E-state index contributed by atoms with van der Waals surface area (Å²) in [6.45, 7) is 6.44. The van der Waals surface area contributed by atoms with E-state index >= 15 is 0 Å². The standard InChI is InChI=1S/C12H22O4/c1-3-4-5-8-16-9-11(13)7-6-10(2)12(14)15/h11,13H,2-9H2,1H3,(H,14,15). The van der Waals surface area contributed by atoms with Gasteiger partial charge in [0.1, 0.15) is 0 Å². The van der Waals surface area contributed by atoms with Crippen LogP contribution in [0.25, 0.3) is 0 Å². The van der Waals surface area contributed by atoms with Crippen LogP contribution in [0, 0.1) is 0 Å². The number of aliphatic hydroxyl groups is 1. The maximum absolute atomic E-state index is 10.4. The third-order valence-electron chi connectivity index (χ3n) is 2.28. The molecule has 0 heterocycles. The molecular formula is C12H22O4. The van der Waals surface area contributed by atoms with Crippen molar-refractivity contribution in [1.29, 1.82) is 0 Å². The molecule has 0 aromatic heterocycles. The lowest BCUT2D eigenvalue weighted by Gasteiger charge is -2.10. The normalized spacial score (nSPS) is 12.4. The van der Waals surface area contributed by atoms with Gasteiger partial charge in [-0.1, -0.05) is 26.3 Å². The molecule has 0 saturated heterocycles. The number of rotatable bonds is 10. The Balaban J connectivity index is 3.41. The molecule has 0 aliphatic heterocycles. The van der Waals surface area contributed by atoms with E-state index in [2.05, 4.69) is 13.5 Å². The molecule has 0 saturated carbocycles. The van der Waals surface area contributed by atoms with Gasteiger partial charge in [0.15, 0.2) is 0 Å². The number of hydrogen-bond acceptors (Lipinski definition) is 3. The molecule has 0 fully saturated rings. The Labute approximate surface area is 96.9 Å². The molecule has 0 amide bonds. The van der Waals surface area contributed by atoms with E-state index in [-0.39, 0.29) is 12.2 Å². The number of carboxylic acids is 1. The van der Waals surface area contributed by atoms with Gasteiger partial charge in [-0.2, -0.15) is 0 Å². The first-order chi connectivity index (χ1) is 7.57. The fourth-order valence-corrected chi connectivity index (χ4v) is 1.20. The van der Waals surface area contributed by atoms with Crippen LogP contribution in [0.15, 0.2) is 12.2 Å². The number of ether oxygens (including phenoxy) is 1. The fraction of sp³-hybridized carbons (Fsp3) is 0.750. The Morgan fingerprint density at radius 2 is 2.12 bits per heavy atom. The van der Waals surface area contributed by atoms with Crippen molar-refractivity contribution in [2.24, 2.45) is 0 Å². The summed E-state index contributed by atoms with van der Waals surface area (Å²) >= 11 is 0. The predicted octanol–water partition coefficient (Wildman–Crippen LogP) is 1.98. The Hall–Kier alpha value is -0.870. The van der Waals surface area contributed by atoms with E-state index in [0.29, 0.717) is 19.4 Å². The van der Waals surface area contributed by atoms with Gasteiger partial charge in [-0.15, -0.1) is 0 Å². The van der Waals surface area contributed by atoms with Crippen LogP contribution < -0.4 is 0 Å². The highest BCUT2D eigenvalue weighted by atomic mass is 16.5. The van der Waals surface area contributed by atoms with Crippen LogP contribution in [0.4, 0.5) is 0 Å². The van der Waals surface area contributed by atoms with Crippen molar-refractivity contribution in [3.8, 4) is 0 Å². The molecule has 4 nitrogen and oxygen atoms in total. The second-order valence-electron chi connectivity index (χ2n) is 3.88. The van der Waals surface area contributed by atoms with Crippen molar-refractivity contribution < 1.29 is 19.7 Å². The van der Waals surface area contributed by atoms with Gasteiger partial charge in [-0.25, -0.2) is 4.79 Å². The lowest BCUT2D eigenvalue weighted by Crippen LogP contribution is -2.16. The molecule has 4 heteroatoms. The second-order valence-corrected chi connectivity index (χ2v) is 3.88. The minimum atomic E-state index is -1.00. The zero-order chi connectivity index (χ0) is 12.4. The van der Waals surface area contributed by atoms with Gasteiger partial charge in [0.05, 0.1) is 12.7 Å². The van der Waals surface area contributed by atoms with Gasteiger partial charge in [0, 0.05) is 12.2 Å². The Kier molecular flexibility index (Phi) is 8.85. The monoisotopic (exact) mass is 230 g/mol. The molecule has 0 bridgehead atoms. The minimum Gasteiger partial charge on any atom is -0.478 e. The highest BCUT2D eigenvalue weighted by Crippen LogP contribution is 2.06. The first-order valence-electron chi connectivity index (χ1n) is 5.74. The van der Waals surface area contributed by atoms with E-state index in [1.807, 2.05) is 0 Å². The molecule has 0 aliphatic rings. The Morgan fingerprint density at radius 1 is 1.44 bits per heavy atom. The third-order valence-corrected chi connectivity index (χ3v) is 2.28. The predicted molar refractivity (Wildman–Crippen MR) is 62.4 cm³/mol. The molecule has 0 rings (SSSR count). The summed E-state index contributed by atoms with van der Waals surface area (Å²) in [5.74, 6) is -1.00. The van der Waals surface area contributed by atoms with E-state index in [1.165, 1.54) is 0 Å². The van der Waals surface area contributed by atoms with Crippen LogP contribution in [0.1, 0.15) is 39.0 Å². The molecule has 16 heavy (non-hydrogen) atoms.